The first-order chi connectivity index (χ1) is 50.7. The fourth-order valence-electron chi connectivity index (χ4n) is 11.0. The van der Waals surface area contributed by atoms with Crippen molar-refractivity contribution < 1.29 is 80.2 Å². The van der Waals surface area contributed by atoms with Gasteiger partial charge in [0.15, 0.2) is 12.2 Å². The lowest BCUT2D eigenvalue weighted by Crippen LogP contribution is -2.30. The van der Waals surface area contributed by atoms with E-state index in [0.29, 0.717) is 25.7 Å². The second kappa shape index (κ2) is 76.9. The molecule has 17 nitrogen and oxygen atoms in total. The maximum Gasteiger partial charge on any atom is 0.472 e. The molecule has 0 radical (unpaired) electrons. The third-order valence-corrected chi connectivity index (χ3v) is 19.1. The van der Waals surface area contributed by atoms with E-state index >= 15 is 0 Å². The molecule has 0 aromatic heterocycles. The normalized spacial score (nSPS) is 14.4. The van der Waals surface area contributed by atoms with Gasteiger partial charge in [0, 0.05) is 25.7 Å². The van der Waals surface area contributed by atoms with Gasteiger partial charge in [0.1, 0.15) is 19.3 Å². The van der Waals surface area contributed by atoms with Gasteiger partial charge in [-0.1, -0.05) is 298 Å². The van der Waals surface area contributed by atoms with E-state index in [1.54, 1.807) is 0 Å². The summed E-state index contributed by atoms with van der Waals surface area (Å²) in [5.41, 5.74) is 0. The average molecular weight is 1500 g/mol. The summed E-state index contributed by atoms with van der Waals surface area (Å²) in [6, 6.07) is 0. The highest BCUT2D eigenvalue weighted by molar-refractivity contribution is 7.47. The molecule has 0 saturated carbocycles. The number of hydrogen-bond donors (Lipinski definition) is 3. The van der Waals surface area contributed by atoms with E-state index in [1.807, 2.05) is 0 Å². The van der Waals surface area contributed by atoms with Gasteiger partial charge >= 0.3 is 39.5 Å². The van der Waals surface area contributed by atoms with Gasteiger partial charge in [-0.25, -0.2) is 9.13 Å². The maximum absolute atomic E-state index is 13.1. The van der Waals surface area contributed by atoms with E-state index in [9.17, 15) is 43.2 Å². The number of rotatable bonds is 77. The molecule has 5 unspecified atom stereocenters. The predicted octanol–water partition coefficient (Wildman–Crippen LogP) is 24.1. The van der Waals surface area contributed by atoms with Crippen LogP contribution in [-0.2, 0) is 65.4 Å². The Bertz CT molecular complexity index is 2390. The lowest BCUT2D eigenvalue weighted by molar-refractivity contribution is -0.161. The number of aliphatic hydroxyl groups is 1. The molecule has 5 atom stereocenters. The van der Waals surface area contributed by atoms with Crippen molar-refractivity contribution >= 4 is 39.5 Å². The van der Waals surface area contributed by atoms with Crippen LogP contribution in [-0.4, -0.2) is 96.7 Å². The fourth-order valence-corrected chi connectivity index (χ4v) is 12.5. The van der Waals surface area contributed by atoms with Crippen molar-refractivity contribution in [3.63, 3.8) is 0 Å². The van der Waals surface area contributed by atoms with Gasteiger partial charge in [0.05, 0.1) is 26.4 Å². The maximum atomic E-state index is 13.1. The van der Waals surface area contributed by atoms with Gasteiger partial charge in [-0.3, -0.25) is 37.3 Å². The number of ether oxygens (including phenoxy) is 4. The number of carbonyl (C=O) groups is 4. The standard InChI is InChI=1S/C85H148O17P2/c1-5-9-13-17-21-25-29-32-35-37-39-41-44-47-51-54-58-62-66-70-83(88)96-76-81(102-85(90)72-68-64-60-56-52-48-45-42-40-38-36-33-30-26-22-18-14-10-6-2)78-100-104(93,94)98-74-79(86)73-97-103(91,92)99-77-80(101-84(89)71-67-63-59-55-49-28-24-20-16-12-8-4)75-95-82(87)69-65-61-57-53-50-46-43-34-31-27-23-19-15-11-7-3/h9,13,21-22,25-26,32-36,39-43,47,51,79-81,86H,5-8,10-12,14-20,23-24,27-31,37-38,44-46,48-50,52-78H2,1-4H3,(H,91,92)(H,93,94)/b13-9-,25-21-,26-22-,35-32-,36-33-,41-39-,42-40-,43-34-,51-47-. The summed E-state index contributed by atoms with van der Waals surface area (Å²) in [5, 5.41) is 10.6. The van der Waals surface area contributed by atoms with Crippen molar-refractivity contribution in [1.29, 1.82) is 0 Å². The van der Waals surface area contributed by atoms with Crippen LogP contribution in [0.3, 0.4) is 0 Å². The van der Waals surface area contributed by atoms with Gasteiger partial charge in [-0.05, 0) is 135 Å². The topological polar surface area (TPSA) is 237 Å². The van der Waals surface area contributed by atoms with Gasteiger partial charge in [0.25, 0.3) is 0 Å². The molecule has 0 saturated heterocycles. The SMILES string of the molecule is CC/C=C\C/C=C\C/C=C\C/C=C\C/C=C\CCCCCC(=O)OCC(COP(=O)(O)OCC(O)COP(=O)(O)OCC(COC(=O)CCCCCCC/C=C\CCCCCCCC)OC(=O)CCCCCCCCCCCCC)OC(=O)CCCCCCCC/C=C\C/C=C\C/C=C\CCCCC. The van der Waals surface area contributed by atoms with E-state index in [-0.39, 0.29) is 25.7 Å². The summed E-state index contributed by atoms with van der Waals surface area (Å²) >= 11 is 0. The molecule has 0 spiro atoms. The number of esters is 4. The van der Waals surface area contributed by atoms with Crippen LogP contribution in [0.1, 0.15) is 349 Å². The van der Waals surface area contributed by atoms with E-state index in [0.717, 1.165) is 173 Å². The highest BCUT2D eigenvalue weighted by Crippen LogP contribution is 2.45. The molecule has 0 bridgehead atoms. The molecule has 0 fully saturated rings. The minimum Gasteiger partial charge on any atom is -0.462 e. The Morgan fingerprint density at radius 2 is 0.500 bits per heavy atom. The Hall–Kier alpha value is -4.28. The quantitative estimate of drug-likeness (QED) is 0.0169. The molecule has 0 aliphatic carbocycles. The summed E-state index contributed by atoms with van der Waals surface area (Å²) in [5.74, 6) is -2.22. The molecule has 0 aromatic rings. The van der Waals surface area contributed by atoms with Crippen LogP contribution in [0.5, 0.6) is 0 Å². The third-order valence-electron chi connectivity index (χ3n) is 17.2. The van der Waals surface area contributed by atoms with Crippen molar-refractivity contribution in [3.05, 3.63) is 109 Å². The van der Waals surface area contributed by atoms with Crippen LogP contribution >= 0.6 is 15.6 Å². The second-order valence-corrected chi connectivity index (χ2v) is 30.2. The average Bonchev–Trinajstić information content (AvgIpc) is 0.928. The number of phosphoric acid groups is 2. The van der Waals surface area contributed by atoms with Crippen molar-refractivity contribution in [2.45, 2.75) is 367 Å². The molecule has 19 heteroatoms. The second-order valence-electron chi connectivity index (χ2n) is 27.3. The monoisotopic (exact) mass is 1500 g/mol. The molecule has 0 aliphatic rings. The summed E-state index contributed by atoms with van der Waals surface area (Å²) in [6.45, 7) is 4.70. The highest BCUT2D eigenvalue weighted by Gasteiger charge is 2.30. The van der Waals surface area contributed by atoms with Crippen molar-refractivity contribution in [2.75, 3.05) is 39.6 Å². The lowest BCUT2D eigenvalue weighted by atomic mass is 10.1. The van der Waals surface area contributed by atoms with E-state index in [1.165, 1.54) is 96.3 Å². The smallest absolute Gasteiger partial charge is 0.462 e. The first kappa shape index (κ1) is 99.7. The highest BCUT2D eigenvalue weighted by atomic mass is 31.2. The number of aliphatic hydroxyl groups excluding tert-OH is 1. The molecule has 0 amide bonds. The number of phosphoric ester groups is 2. The molecule has 0 rings (SSSR count). The first-order valence-corrected chi connectivity index (χ1v) is 44.1. The fraction of sp³-hybridized carbons (Fsp3) is 0.741. The first-order valence-electron chi connectivity index (χ1n) is 41.1. The van der Waals surface area contributed by atoms with Crippen LogP contribution in [0.25, 0.3) is 0 Å². The Labute approximate surface area is 632 Å². The lowest BCUT2D eigenvalue weighted by Gasteiger charge is -2.21. The Balaban J connectivity index is 5.38. The number of allylic oxidation sites excluding steroid dienone is 18. The molecule has 600 valence electrons. The van der Waals surface area contributed by atoms with Crippen LogP contribution in [0, 0.1) is 0 Å². The van der Waals surface area contributed by atoms with E-state index < -0.39 is 97.5 Å². The number of unbranched alkanes of at least 4 members (excludes halogenated alkanes) is 33. The predicted molar refractivity (Wildman–Crippen MR) is 427 cm³/mol. The van der Waals surface area contributed by atoms with Gasteiger partial charge in [0.2, 0.25) is 0 Å². The van der Waals surface area contributed by atoms with Crippen molar-refractivity contribution in [2.24, 2.45) is 0 Å². The zero-order chi connectivity index (χ0) is 76.0. The molecule has 0 aromatic carbocycles. The molecular weight excluding hydrogens is 1350 g/mol. The molecule has 0 heterocycles. The summed E-state index contributed by atoms with van der Waals surface area (Å²) in [6.07, 6.45) is 83.5. The van der Waals surface area contributed by atoms with Crippen LogP contribution in [0.4, 0.5) is 0 Å². The van der Waals surface area contributed by atoms with Crippen LogP contribution in [0.15, 0.2) is 109 Å². The van der Waals surface area contributed by atoms with Gasteiger partial charge in [-0.15, -0.1) is 0 Å². The summed E-state index contributed by atoms with van der Waals surface area (Å²) < 4.78 is 68.6. The zero-order valence-corrected chi connectivity index (χ0v) is 67.5. The summed E-state index contributed by atoms with van der Waals surface area (Å²) in [7, 11) is -9.97. The Morgan fingerprint density at radius 1 is 0.279 bits per heavy atom. The minimum absolute atomic E-state index is 0.0716. The number of hydrogen-bond acceptors (Lipinski definition) is 15. The van der Waals surface area contributed by atoms with Crippen LogP contribution in [0.2, 0.25) is 0 Å². The van der Waals surface area contributed by atoms with Crippen molar-refractivity contribution in [3.8, 4) is 0 Å². The number of carbonyl (C=O) groups excluding carboxylic acids is 4. The van der Waals surface area contributed by atoms with Crippen LogP contribution < -0.4 is 0 Å². The van der Waals surface area contributed by atoms with Gasteiger partial charge < -0.3 is 33.8 Å². The minimum atomic E-state index is -4.99. The Kier molecular flexibility index (Phi) is 73.7. The zero-order valence-electron chi connectivity index (χ0n) is 65.7. The largest absolute Gasteiger partial charge is 0.472 e. The van der Waals surface area contributed by atoms with Crippen molar-refractivity contribution in [1.82, 2.24) is 0 Å². The molecule has 104 heavy (non-hydrogen) atoms. The third kappa shape index (κ3) is 75.9. The van der Waals surface area contributed by atoms with E-state index in [2.05, 4.69) is 137 Å². The van der Waals surface area contributed by atoms with E-state index in [4.69, 9.17) is 37.0 Å². The molecular formula is C85H148O17P2. The Morgan fingerprint density at radius 3 is 0.808 bits per heavy atom. The molecule has 3 N–H and O–H groups in total. The summed E-state index contributed by atoms with van der Waals surface area (Å²) in [4.78, 5) is 73.0. The van der Waals surface area contributed by atoms with Gasteiger partial charge in [-0.2, -0.15) is 0 Å². The molecule has 0 aliphatic heterocycles.